The Morgan fingerprint density at radius 3 is 2.80 bits per heavy atom. The lowest BCUT2D eigenvalue weighted by Gasteiger charge is -2.13. The number of aliphatic carboxylic acids is 1. The third kappa shape index (κ3) is 3.55. The summed E-state index contributed by atoms with van der Waals surface area (Å²) in [5, 5.41) is 9.44. The highest BCUT2D eigenvalue weighted by Crippen LogP contribution is 2.25. The predicted octanol–water partition coefficient (Wildman–Crippen LogP) is 4.05. The number of benzene rings is 1. The molecule has 0 aliphatic rings. The molecule has 0 bridgehead atoms. The summed E-state index contributed by atoms with van der Waals surface area (Å²) in [4.78, 5) is 15.2. The maximum Gasteiger partial charge on any atom is 0.313 e. The molecular formula is C14H10BrClFNO2. The van der Waals surface area contributed by atoms with Gasteiger partial charge in [-0.05, 0) is 30.2 Å². The monoisotopic (exact) mass is 357 g/mol. The minimum Gasteiger partial charge on any atom is -0.481 e. The third-order valence-corrected chi connectivity index (χ3v) is 3.49. The summed E-state index contributed by atoms with van der Waals surface area (Å²) < 4.78 is 14.7. The first-order valence-corrected chi connectivity index (χ1v) is 6.92. The van der Waals surface area contributed by atoms with Crippen LogP contribution in [0.15, 0.2) is 41.0 Å². The Kier molecular flexibility index (Phi) is 4.73. The van der Waals surface area contributed by atoms with Gasteiger partial charge in [-0.2, -0.15) is 0 Å². The molecule has 0 aliphatic heterocycles. The van der Waals surface area contributed by atoms with Gasteiger partial charge in [0.25, 0.3) is 0 Å². The lowest BCUT2D eigenvalue weighted by Crippen LogP contribution is -2.17. The fourth-order valence-corrected chi connectivity index (χ4v) is 2.47. The number of pyridine rings is 1. The summed E-state index contributed by atoms with van der Waals surface area (Å²) in [7, 11) is 0. The van der Waals surface area contributed by atoms with Crippen LogP contribution in [-0.2, 0) is 11.2 Å². The Balaban J connectivity index is 2.34. The second-order valence-corrected chi connectivity index (χ2v) is 5.60. The maximum absolute atomic E-state index is 13.8. The Morgan fingerprint density at radius 2 is 2.20 bits per heavy atom. The first-order chi connectivity index (χ1) is 9.47. The van der Waals surface area contributed by atoms with E-state index in [1.165, 1.54) is 6.20 Å². The topological polar surface area (TPSA) is 50.2 Å². The van der Waals surface area contributed by atoms with Crippen LogP contribution in [0.1, 0.15) is 17.2 Å². The lowest BCUT2D eigenvalue weighted by atomic mass is 9.95. The van der Waals surface area contributed by atoms with Gasteiger partial charge >= 0.3 is 5.97 Å². The molecular weight excluding hydrogens is 349 g/mol. The second-order valence-electron chi connectivity index (χ2n) is 4.25. The highest BCUT2D eigenvalue weighted by Gasteiger charge is 2.25. The van der Waals surface area contributed by atoms with Gasteiger partial charge in [0.15, 0.2) is 0 Å². The van der Waals surface area contributed by atoms with Gasteiger partial charge in [-0.15, -0.1) is 0 Å². The summed E-state index contributed by atoms with van der Waals surface area (Å²) in [6.07, 6.45) is 1.40. The molecule has 0 spiro atoms. The van der Waals surface area contributed by atoms with Crippen LogP contribution in [0.2, 0.25) is 5.02 Å². The molecule has 0 aliphatic carbocycles. The molecule has 6 heteroatoms. The van der Waals surface area contributed by atoms with E-state index in [1.807, 2.05) is 6.07 Å². The van der Waals surface area contributed by atoms with Gasteiger partial charge < -0.3 is 5.11 Å². The van der Waals surface area contributed by atoms with E-state index in [9.17, 15) is 14.3 Å². The number of nitrogens with zero attached hydrogens (tertiary/aromatic N) is 1. The van der Waals surface area contributed by atoms with E-state index in [0.717, 1.165) is 16.1 Å². The lowest BCUT2D eigenvalue weighted by molar-refractivity contribution is -0.138. The van der Waals surface area contributed by atoms with Crippen molar-refractivity contribution in [3.8, 4) is 0 Å². The Labute approximate surface area is 128 Å². The van der Waals surface area contributed by atoms with E-state index in [4.69, 9.17) is 11.6 Å². The second kappa shape index (κ2) is 6.33. The highest BCUT2D eigenvalue weighted by atomic mass is 79.9. The normalized spacial score (nSPS) is 12.2. The van der Waals surface area contributed by atoms with E-state index in [0.29, 0.717) is 0 Å². The van der Waals surface area contributed by atoms with E-state index in [1.54, 1.807) is 18.2 Å². The van der Waals surface area contributed by atoms with Gasteiger partial charge in [0.05, 0.1) is 10.7 Å². The minimum atomic E-state index is -1.13. The molecule has 0 amide bonds. The zero-order valence-electron chi connectivity index (χ0n) is 10.2. The standard InChI is InChI=1S/C14H10BrClFNO2/c15-9-3-1-2-8(4-9)5-11(14(19)20)13-12(17)6-10(16)7-18-13/h1-4,6-7,11H,5H2,(H,19,20). The van der Waals surface area contributed by atoms with Crippen LogP contribution in [0, 0.1) is 5.82 Å². The van der Waals surface area contributed by atoms with Crippen molar-refractivity contribution in [1.82, 2.24) is 4.98 Å². The average molecular weight is 359 g/mol. The van der Waals surface area contributed by atoms with Crippen LogP contribution in [0.25, 0.3) is 0 Å². The first kappa shape index (κ1) is 14.9. The van der Waals surface area contributed by atoms with Crippen molar-refractivity contribution in [2.75, 3.05) is 0 Å². The van der Waals surface area contributed by atoms with Gasteiger partial charge in [-0.25, -0.2) is 4.39 Å². The van der Waals surface area contributed by atoms with Crippen LogP contribution >= 0.6 is 27.5 Å². The molecule has 1 atom stereocenters. The van der Waals surface area contributed by atoms with Crippen molar-refractivity contribution < 1.29 is 14.3 Å². The van der Waals surface area contributed by atoms with Crippen molar-refractivity contribution in [3.05, 3.63) is 63.1 Å². The molecule has 2 aromatic rings. The molecule has 0 fully saturated rings. The quantitative estimate of drug-likeness (QED) is 0.897. The number of halogens is 3. The van der Waals surface area contributed by atoms with Gasteiger partial charge in [0, 0.05) is 10.7 Å². The molecule has 104 valence electrons. The Bertz CT molecular complexity index is 651. The summed E-state index contributed by atoms with van der Waals surface area (Å²) >= 11 is 8.94. The molecule has 0 saturated heterocycles. The molecule has 1 aromatic carbocycles. The van der Waals surface area contributed by atoms with Crippen molar-refractivity contribution in [3.63, 3.8) is 0 Å². The Morgan fingerprint density at radius 1 is 1.45 bits per heavy atom. The fourth-order valence-electron chi connectivity index (χ4n) is 1.88. The van der Waals surface area contributed by atoms with Gasteiger partial charge in [0.2, 0.25) is 0 Å². The molecule has 0 radical (unpaired) electrons. The molecule has 20 heavy (non-hydrogen) atoms. The number of rotatable bonds is 4. The maximum atomic E-state index is 13.8. The fraction of sp³-hybridized carbons (Fsp3) is 0.143. The van der Waals surface area contributed by atoms with Gasteiger partial charge in [-0.3, -0.25) is 9.78 Å². The zero-order chi connectivity index (χ0) is 14.7. The molecule has 1 aromatic heterocycles. The van der Waals surface area contributed by atoms with Crippen molar-refractivity contribution in [2.24, 2.45) is 0 Å². The Hall–Kier alpha value is -1.46. The van der Waals surface area contributed by atoms with Gasteiger partial charge in [-0.1, -0.05) is 39.7 Å². The number of carboxylic acid groups (broad SMARTS) is 1. The zero-order valence-corrected chi connectivity index (χ0v) is 12.5. The number of aromatic nitrogens is 1. The summed E-state index contributed by atoms with van der Waals surface area (Å²) in [6.45, 7) is 0. The molecule has 3 nitrogen and oxygen atoms in total. The molecule has 1 heterocycles. The van der Waals surface area contributed by atoms with Gasteiger partial charge in [0.1, 0.15) is 11.7 Å². The van der Waals surface area contributed by atoms with Crippen LogP contribution in [-0.4, -0.2) is 16.1 Å². The van der Waals surface area contributed by atoms with Crippen LogP contribution in [0.4, 0.5) is 4.39 Å². The minimum absolute atomic E-state index is 0.109. The van der Waals surface area contributed by atoms with E-state index >= 15 is 0 Å². The van der Waals surface area contributed by atoms with E-state index in [2.05, 4.69) is 20.9 Å². The number of hydrogen-bond donors (Lipinski definition) is 1. The van der Waals surface area contributed by atoms with Crippen LogP contribution in [0.3, 0.4) is 0 Å². The van der Waals surface area contributed by atoms with E-state index in [-0.39, 0.29) is 17.1 Å². The molecule has 0 saturated carbocycles. The summed E-state index contributed by atoms with van der Waals surface area (Å²) in [6, 6.07) is 8.28. The summed E-state index contributed by atoms with van der Waals surface area (Å²) in [5.74, 6) is -2.89. The van der Waals surface area contributed by atoms with Crippen LogP contribution in [0.5, 0.6) is 0 Å². The SMILES string of the molecule is O=C(O)C(Cc1cccc(Br)c1)c1ncc(Cl)cc1F. The molecule has 1 N–H and O–H groups in total. The predicted molar refractivity (Wildman–Crippen MR) is 77.4 cm³/mol. The third-order valence-electron chi connectivity index (χ3n) is 2.79. The number of hydrogen-bond acceptors (Lipinski definition) is 2. The smallest absolute Gasteiger partial charge is 0.313 e. The van der Waals surface area contributed by atoms with E-state index < -0.39 is 17.7 Å². The highest BCUT2D eigenvalue weighted by molar-refractivity contribution is 9.10. The number of carbonyl (C=O) groups is 1. The molecule has 1 unspecified atom stereocenters. The largest absolute Gasteiger partial charge is 0.481 e. The first-order valence-electron chi connectivity index (χ1n) is 5.75. The van der Waals surface area contributed by atoms with Crippen molar-refractivity contribution in [2.45, 2.75) is 12.3 Å². The summed E-state index contributed by atoms with van der Waals surface area (Å²) in [5.41, 5.74) is 0.671. The van der Waals surface area contributed by atoms with Crippen LogP contribution < -0.4 is 0 Å². The average Bonchev–Trinajstić information content (AvgIpc) is 2.36. The molecule has 2 rings (SSSR count). The number of carboxylic acids is 1. The van der Waals surface area contributed by atoms with Crippen molar-refractivity contribution >= 4 is 33.5 Å². The van der Waals surface area contributed by atoms with Crippen molar-refractivity contribution in [1.29, 1.82) is 0 Å².